The molecule has 1 fully saturated rings. The lowest BCUT2D eigenvalue weighted by molar-refractivity contribution is -0.123. The summed E-state index contributed by atoms with van der Waals surface area (Å²) in [7, 11) is 0. The molecule has 0 aromatic carbocycles. The van der Waals surface area contributed by atoms with Crippen molar-refractivity contribution in [1.29, 1.82) is 0 Å². The third kappa shape index (κ3) is 12.3. The molecule has 0 aliphatic carbocycles. The highest BCUT2D eigenvalue weighted by Gasteiger charge is 2.40. The first-order valence-electron chi connectivity index (χ1n) is 13.5. The van der Waals surface area contributed by atoms with E-state index in [9.17, 15) is 10.0 Å². The van der Waals surface area contributed by atoms with Crippen LogP contribution in [0.5, 0.6) is 0 Å². The van der Waals surface area contributed by atoms with Gasteiger partial charge in [0.1, 0.15) is 0 Å². The van der Waals surface area contributed by atoms with E-state index in [-0.39, 0.29) is 11.9 Å². The van der Waals surface area contributed by atoms with E-state index < -0.39 is 11.1 Å². The minimum atomic E-state index is -0.422. The van der Waals surface area contributed by atoms with E-state index in [1.165, 1.54) is 88.5 Å². The van der Waals surface area contributed by atoms with Gasteiger partial charge in [-0.15, -0.1) is 0 Å². The van der Waals surface area contributed by atoms with Crippen molar-refractivity contribution in [2.75, 3.05) is 0 Å². The molecule has 4 heteroatoms. The van der Waals surface area contributed by atoms with Gasteiger partial charge in [0.15, 0.2) is 0 Å². The van der Waals surface area contributed by atoms with Gasteiger partial charge < -0.3 is 15.6 Å². The van der Waals surface area contributed by atoms with Gasteiger partial charge in [-0.25, -0.2) is 0 Å². The first kappa shape index (κ1) is 28.4. The average molecular weight is 438 g/mol. The van der Waals surface area contributed by atoms with E-state index in [0.717, 1.165) is 25.7 Å². The van der Waals surface area contributed by atoms with Crippen LogP contribution in [0.25, 0.3) is 0 Å². The zero-order valence-corrected chi connectivity index (χ0v) is 21.6. The molecule has 0 radical (unpaired) electrons. The molecule has 0 atom stereocenters. The standard InChI is InChI=1S/C27H53N2O2/c1-6-7-8-9-10-11-12-13-14-15-16-17-18-19-20-21-25(30)28-24-22-26(2,3)29(31)27(4,5)23-24/h24H,6-23H2,1-5H3,(H,28,30)/q-1. The maximum atomic E-state index is 12.4. The summed E-state index contributed by atoms with van der Waals surface area (Å²) in [6, 6.07) is 0.110. The van der Waals surface area contributed by atoms with Crippen LogP contribution in [-0.2, 0) is 4.79 Å². The van der Waals surface area contributed by atoms with Gasteiger partial charge in [-0.3, -0.25) is 4.79 Å². The fourth-order valence-electron chi connectivity index (χ4n) is 5.32. The van der Waals surface area contributed by atoms with E-state index in [1.807, 2.05) is 27.7 Å². The van der Waals surface area contributed by atoms with Gasteiger partial charge in [0, 0.05) is 23.5 Å². The van der Waals surface area contributed by atoms with Crippen molar-refractivity contribution in [3.8, 4) is 0 Å². The molecule has 1 saturated heterocycles. The van der Waals surface area contributed by atoms with Crippen LogP contribution in [0.3, 0.4) is 0 Å². The molecule has 1 aliphatic rings. The molecule has 1 heterocycles. The topological polar surface area (TPSA) is 55.4 Å². The maximum absolute atomic E-state index is 12.4. The van der Waals surface area contributed by atoms with Crippen molar-refractivity contribution in [1.82, 2.24) is 10.4 Å². The van der Waals surface area contributed by atoms with Crippen molar-refractivity contribution in [3.63, 3.8) is 0 Å². The summed E-state index contributed by atoms with van der Waals surface area (Å²) in [4.78, 5) is 12.3. The van der Waals surface area contributed by atoms with E-state index in [1.54, 1.807) is 0 Å². The zero-order valence-electron chi connectivity index (χ0n) is 21.6. The highest BCUT2D eigenvalue weighted by molar-refractivity contribution is 5.76. The van der Waals surface area contributed by atoms with Gasteiger partial charge in [0.25, 0.3) is 0 Å². The third-order valence-electron chi connectivity index (χ3n) is 6.96. The fraction of sp³-hybridized carbons (Fsp3) is 0.963. The van der Waals surface area contributed by atoms with E-state index in [2.05, 4.69) is 12.2 Å². The van der Waals surface area contributed by atoms with Gasteiger partial charge >= 0.3 is 0 Å². The van der Waals surface area contributed by atoms with Crippen LogP contribution in [0, 0.1) is 5.21 Å². The van der Waals surface area contributed by atoms with Crippen LogP contribution in [0.4, 0.5) is 0 Å². The summed E-state index contributed by atoms with van der Waals surface area (Å²) >= 11 is 0. The number of hydroxylamine groups is 2. The Balaban J connectivity index is 1.95. The Morgan fingerprint density at radius 3 is 1.48 bits per heavy atom. The SMILES string of the molecule is CCCCCCCCCCCCCCCCCC(=O)NC1CC(C)(C)N([O-])C(C)(C)C1. The van der Waals surface area contributed by atoms with Crippen molar-refractivity contribution in [2.45, 2.75) is 167 Å². The first-order valence-corrected chi connectivity index (χ1v) is 13.5. The van der Waals surface area contributed by atoms with Crippen LogP contribution in [0.15, 0.2) is 0 Å². The predicted octanol–water partition coefficient (Wildman–Crippen LogP) is 7.88. The van der Waals surface area contributed by atoms with Crippen LogP contribution < -0.4 is 5.32 Å². The Bertz CT molecular complexity index is 458. The Hall–Kier alpha value is -0.610. The number of carbonyl (C=O) groups excluding carboxylic acids is 1. The van der Waals surface area contributed by atoms with Crippen molar-refractivity contribution < 1.29 is 4.79 Å². The minimum Gasteiger partial charge on any atom is -0.784 e. The first-order chi connectivity index (χ1) is 14.7. The van der Waals surface area contributed by atoms with E-state index in [4.69, 9.17) is 0 Å². The largest absolute Gasteiger partial charge is 0.784 e. The number of nitrogens with zero attached hydrogens (tertiary/aromatic N) is 1. The van der Waals surface area contributed by atoms with Crippen molar-refractivity contribution in [2.24, 2.45) is 0 Å². The molecule has 0 aromatic heterocycles. The molecular formula is C27H53N2O2-. The molecule has 1 amide bonds. The Kier molecular flexibility index (Phi) is 14.0. The van der Waals surface area contributed by atoms with Crippen LogP contribution in [0.2, 0.25) is 0 Å². The molecule has 0 saturated carbocycles. The molecule has 31 heavy (non-hydrogen) atoms. The lowest BCUT2D eigenvalue weighted by Gasteiger charge is -2.60. The lowest BCUT2D eigenvalue weighted by Crippen LogP contribution is -2.61. The second-order valence-corrected chi connectivity index (χ2v) is 11.3. The smallest absolute Gasteiger partial charge is 0.220 e. The van der Waals surface area contributed by atoms with Crippen LogP contribution in [-0.4, -0.2) is 28.1 Å². The molecule has 0 unspecified atom stereocenters. The molecule has 0 aromatic rings. The van der Waals surface area contributed by atoms with Crippen molar-refractivity contribution >= 4 is 5.91 Å². The second-order valence-electron chi connectivity index (χ2n) is 11.3. The summed E-state index contributed by atoms with van der Waals surface area (Å²) in [5.74, 6) is 0.158. The molecule has 184 valence electrons. The van der Waals surface area contributed by atoms with E-state index >= 15 is 0 Å². The Morgan fingerprint density at radius 1 is 0.742 bits per heavy atom. The normalized spacial score (nSPS) is 18.9. The Labute approximate surface area is 193 Å². The molecular weight excluding hydrogens is 384 g/mol. The number of nitrogens with one attached hydrogen (secondary N) is 1. The lowest BCUT2D eigenvalue weighted by atomic mass is 9.79. The highest BCUT2D eigenvalue weighted by atomic mass is 16.5. The number of piperidine rings is 1. The molecule has 4 nitrogen and oxygen atoms in total. The van der Waals surface area contributed by atoms with Gasteiger partial charge in [0.05, 0.1) is 0 Å². The van der Waals surface area contributed by atoms with Crippen LogP contribution in [0.1, 0.15) is 150 Å². The van der Waals surface area contributed by atoms with Gasteiger partial charge in [-0.1, -0.05) is 96.8 Å². The van der Waals surface area contributed by atoms with E-state index in [0.29, 0.717) is 6.42 Å². The number of hydrogen-bond acceptors (Lipinski definition) is 3. The van der Waals surface area contributed by atoms with Crippen LogP contribution >= 0.6 is 0 Å². The predicted molar refractivity (Wildman–Crippen MR) is 134 cm³/mol. The van der Waals surface area contributed by atoms with Crippen molar-refractivity contribution in [3.05, 3.63) is 5.21 Å². The monoisotopic (exact) mass is 437 g/mol. The zero-order chi connectivity index (χ0) is 23.2. The molecule has 0 spiro atoms. The summed E-state index contributed by atoms with van der Waals surface area (Å²) < 4.78 is 0. The summed E-state index contributed by atoms with van der Waals surface area (Å²) in [5.41, 5.74) is -0.845. The fourth-order valence-corrected chi connectivity index (χ4v) is 5.32. The third-order valence-corrected chi connectivity index (χ3v) is 6.96. The summed E-state index contributed by atoms with van der Waals surface area (Å²) in [5, 5.41) is 16.8. The molecule has 1 N–H and O–H groups in total. The molecule has 1 rings (SSSR count). The Morgan fingerprint density at radius 2 is 1.10 bits per heavy atom. The van der Waals surface area contributed by atoms with Gasteiger partial charge in [-0.2, -0.15) is 0 Å². The molecule has 0 bridgehead atoms. The second kappa shape index (κ2) is 15.3. The minimum absolute atomic E-state index is 0.110. The average Bonchev–Trinajstić information content (AvgIpc) is 2.68. The van der Waals surface area contributed by atoms with Gasteiger partial charge in [0.2, 0.25) is 5.91 Å². The summed E-state index contributed by atoms with van der Waals surface area (Å²) in [6.07, 6.45) is 22.2. The molecule has 1 aliphatic heterocycles. The maximum Gasteiger partial charge on any atom is 0.220 e. The highest BCUT2D eigenvalue weighted by Crippen LogP contribution is 2.37. The number of amides is 1. The quantitative estimate of drug-likeness (QED) is 0.235. The number of carbonyl (C=O) groups is 1. The number of unbranched alkanes of at least 4 members (excludes halogenated alkanes) is 14. The van der Waals surface area contributed by atoms with Gasteiger partial charge in [-0.05, 0) is 47.0 Å². The number of hydrogen-bond donors (Lipinski definition) is 1. The summed E-state index contributed by atoms with van der Waals surface area (Å²) in [6.45, 7) is 10.2. The number of rotatable bonds is 17.